The molecule has 13 heavy (non-hydrogen) atoms. The SMILES string of the molecule is OC1(c2cccc([SiH3])c2)CCCC1. The molecule has 0 bridgehead atoms. The molecule has 0 radical (unpaired) electrons. The first-order valence-electron chi connectivity index (χ1n) is 5.00. The third-order valence-corrected chi connectivity index (χ3v) is 3.61. The normalized spacial score (nSPS) is 20.7. The zero-order chi connectivity index (χ0) is 9.31. The lowest BCUT2D eigenvalue weighted by Gasteiger charge is -2.22. The van der Waals surface area contributed by atoms with Gasteiger partial charge in [-0.25, -0.2) is 0 Å². The summed E-state index contributed by atoms with van der Waals surface area (Å²) in [6.07, 6.45) is 4.22. The van der Waals surface area contributed by atoms with Crippen LogP contribution in [0.2, 0.25) is 0 Å². The van der Waals surface area contributed by atoms with Crippen LogP contribution >= 0.6 is 0 Å². The fourth-order valence-corrected chi connectivity index (χ4v) is 2.69. The number of hydrogen-bond acceptors (Lipinski definition) is 1. The van der Waals surface area contributed by atoms with Gasteiger partial charge < -0.3 is 5.11 Å². The van der Waals surface area contributed by atoms with Crippen LogP contribution in [0, 0.1) is 0 Å². The van der Waals surface area contributed by atoms with Crippen molar-refractivity contribution >= 4 is 15.4 Å². The molecule has 1 nitrogen and oxygen atoms in total. The molecule has 0 spiro atoms. The molecule has 0 aromatic heterocycles. The Kier molecular flexibility index (Phi) is 2.26. The van der Waals surface area contributed by atoms with Crippen molar-refractivity contribution in [1.29, 1.82) is 0 Å². The van der Waals surface area contributed by atoms with E-state index >= 15 is 0 Å². The van der Waals surface area contributed by atoms with Crippen LogP contribution in [0.1, 0.15) is 31.2 Å². The van der Waals surface area contributed by atoms with Crippen LogP contribution in [0.25, 0.3) is 0 Å². The second-order valence-electron chi connectivity index (χ2n) is 4.11. The van der Waals surface area contributed by atoms with Gasteiger partial charge >= 0.3 is 0 Å². The fraction of sp³-hybridized carbons (Fsp3) is 0.455. The molecule has 1 aliphatic carbocycles. The molecule has 1 fully saturated rings. The van der Waals surface area contributed by atoms with Gasteiger partial charge in [-0.15, -0.1) is 0 Å². The van der Waals surface area contributed by atoms with Gasteiger partial charge in [-0.05, 0) is 18.4 Å². The summed E-state index contributed by atoms with van der Waals surface area (Å²) >= 11 is 0. The molecule has 1 aromatic carbocycles. The summed E-state index contributed by atoms with van der Waals surface area (Å²) in [5.74, 6) is 0. The number of benzene rings is 1. The van der Waals surface area contributed by atoms with E-state index in [2.05, 4.69) is 24.3 Å². The highest BCUT2D eigenvalue weighted by Crippen LogP contribution is 2.37. The standard InChI is InChI=1S/C11H16OSi/c12-11(6-1-2-7-11)9-4-3-5-10(13)8-9/h3-5,8,12H,1-2,6-7H2,13H3. The zero-order valence-corrected chi connectivity index (χ0v) is 10.1. The van der Waals surface area contributed by atoms with E-state index in [0.717, 1.165) is 28.6 Å². The Morgan fingerprint density at radius 1 is 1.23 bits per heavy atom. The van der Waals surface area contributed by atoms with E-state index in [-0.39, 0.29) is 0 Å². The number of hydrogen-bond donors (Lipinski definition) is 1. The molecule has 0 heterocycles. The molecule has 1 aromatic rings. The average Bonchev–Trinajstić information content (AvgIpc) is 2.54. The molecule has 70 valence electrons. The number of aliphatic hydroxyl groups is 1. The van der Waals surface area contributed by atoms with Gasteiger partial charge in [0.1, 0.15) is 0 Å². The molecule has 0 unspecified atom stereocenters. The lowest BCUT2D eigenvalue weighted by molar-refractivity contribution is 0.0445. The Bertz CT molecular complexity index is 303. The average molecular weight is 192 g/mol. The molecular weight excluding hydrogens is 176 g/mol. The quantitative estimate of drug-likeness (QED) is 0.640. The van der Waals surface area contributed by atoms with Crippen molar-refractivity contribution in [2.24, 2.45) is 0 Å². The first-order chi connectivity index (χ1) is 6.21. The van der Waals surface area contributed by atoms with E-state index in [0.29, 0.717) is 0 Å². The number of rotatable bonds is 1. The monoisotopic (exact) mass is 192 g/mol. The first kappa shape index (κ1) is 8.97. The second kappa shape index (κ2) is 3.27. The van der Waals surface area contributed by atoms with E-state index in [1.807, 2.05) is 0 Å². The Labute approximate surface area is 82.2 Å². The molecule has 1 N–H and O–H groups in total. The summed E-state index contributed by atoms with van der Waals surface area (Å²) < 4.78 is 0. The van der Waals surface area contributed by atoms with Crippen molar-refractivity contribution in [2.75, 3.05) is 0 Å². The Balaban J connectivity index is 2.33. The van der Waals surface area contributed by atoms with Crippen LogP contribution in [0.15, 0.2) is 24.3 Å². The van der Waals surface area contributed by atoms with E-state index in [9.17, 15) is 5.11 Å². The van der Waals surface area contributed by atoms with Gasteiger partial charge in [-0.2, -0.15) is 0 Å². The van der Waals surface area contributed by atoms with Crippen LogP contribution in [0.5, 0.6) is 0 Å². The Morgan fingerprint density at radius 2 is 1.92 bits per heavy atom. The summed E-state index contributed by atoms with van der Waals surface area (Å²) in [5.41, 5.74) is 0.637. The molecule has 0 aliphatic heterocycles. The highest BCUT2D eigenvalue weighted by atomic mass is 28.1. The predicted molar refractivity (Wildman–Crippen MR) is 58.4 cm³/mol. The van der Waals surface area contributed by atoms with E-state index in [1.165, 1.54) is 18.0 Å². The van der Waals surface area contributed by atoms with Crippen LogP contribution in [-0.4, -0.2) is 15.3 Å². The Morgan fingerprint density at radius 3 is 2.54 bits per heavy atom. The minimum atomic E-state index is -0.500. The van der Waals surface area contributed by atoms with E-state index in [1.54, 1.807) is 0 Å². The summed E-state index contributed by atoms with van der Waals surface area (Å²) in [4.78, 5) is 0. The van der Waals surface area contributed by atoms with Crippen molar-refractivity contribution in [3.63, 3.8) is 0 Å². The molecule has 2 heteroatoms. The molecule has 0 saturated heterocycles. The summed E-state index contributed by atoms with van der Waals surface area (Å²) in [6, 6.07) is 8.42. The van der Waals surface area contributed by atoms with Crippen molar-refractivity contribution < 1.29 is 5.11 Å². The molecule has 0 amide bonds. The third-order valence-electron chi connectivity index (χ3n) is 2.99. The highest BCUT2D eigenvalue weighted by molar-refractivity contribution is 6.32. The summed E-state index contributed by atoms with van der Waals surface area (Å²) in [6.45, 7) is 0. The maximum absolute atomic E-state index is 10.3. The maximum Gasteiger partial charge on any atom is 0.0896 e. The minimum absolute atomic E-state index is 0.500. The van der Waals surface area contributed by atoms with Crippen LogP contribution in [-0.2, 0) is 5.60 Å². The van der Waals surface area contributed by atoms with Gasteiger partial charge in [0.25, 0.3) is 0 Å². The van der Waals surface area contributed by atoms with Crippen molar-refractivity contribution in [3.8, 4) is 0 Å². The molecular formula is C11H16OSi. The third kappa shape index (κ3) is 1.69. The largest absolute Gasteiger partial charge is 0.385 e. The van der Waals surface area contributed by atoms with Gasteiger partial charge in [0, 0.05) is 10.2 Å². The highest BCUT2D eigenvalue weighted by Gasteiger charge is 2.32. The van der Waals surface area contributed by atoms with Gasteiger partial charge in [0.05, 0.1) is 5.60 Å². The van der Waals surface area contributed by atoms with Crippen molar-refractivity contribution in [2.45, 2.75) is 31.3 Å². The Hall–Kier alpha value is -0.603. The molecule has 2 rings (SSSR count). The minimum Gasteiger partial charge on any atom is -0.385 e. The van der Waals surface area contributed by atoms with Crippen LogP contribution < -0.4 is 5.19 Å². The van der Waals surface area contributed by atoms with Gasteiger partial charge in [-0.3, -0.25) is 0 Å². The van der Waals surface area contributed by atoms with Gasteiger partial charge in [0.2, 0.25) is 0 Å². The van der Waals surface area contributed by atoms with Gasteiger partial charge in [-0.1, -0.05) is 42.3 Å². The van der Waals surface area contributed by atoms with E-state index in [4.69, 9.17) is 0 Å². The molecule has 1 saturated carbocycles. The lowest BCUT2D eigenvalue weighted by atomic mass is 9.92. The van der Waals surface area contributed by atoms with Crippen LogP contribution in [0.4, 0.5) is 0 Å². The predicted octanol–water partition coefficient (Wildman–Crippen LogP) is 0.439. The zero-order valence-electron chi connectivity index (χ0n) is 8.09. The molecule has 0 atom stereocenters. The van der Waals surface area contributed by atoms with Crippen molar-refractivity contribution in [3.05, 3.63) is 29.8 Å². The molecule has 1 aliphatic rings. The maximum atomic E-state index is 10.3. The summed E-state index contributed by atoms with van der Waals surface area (Å²) in [5, 5.41) is 11.7. The van der Waals surface area contributed by atoms with Crippen molar-refractivity contribution in [1.82, 2.24) is 0 Å². The van der Waals surface area contributed by atoms with Crippen LogP contribution in [0.3, 0.4) is 0 Å². The lowest BCUT2D eigenvalue weighted by Crippen LogP contribution is -2.22. The topological polar surface area (TPSA) is 20.2 Å². The van der Waals surface area contributed by atoms with Gasteiger partial charge in [0.15, 0.2) is 0 Å². The summed E-state index contributed by atoms with van der Waals surface area (Å²) in [7, 11) is 1.07. The smallest absolute Gasteiger partial charge is 0.0896 e. The fourth-order valence-electron chi connectivity index (χ4n) is 2.18. The second-order valence-corrected chi connectivity index (χ2v) is 5.26. The van der Waals surface area contributed by atoms with E-state index < -0.39 is 5.60 Å². The first-order valence-corrected chi connectivity index (χ1v) is 6.00.